The topological polar surface area (TPSA) is 136 Å². The summed E-state index contributed by atoms with van der Waals surface area (Å²) >= 11 is 0. The Kier molecular flexibility index (Phi) is 4.64. The zero-order chi connectivity index (χ0) is 23.9. The van der Waals surface area contributed by atoms with E-state index >= 15 is 0 Å². The molecule has 35 heavy (non-hydrogen) atoms. The molecule has 2 aliphatic heterocycles. The number of hydrogen-bond acceptors (Lipinski definition) is 6. The Morgan fingerprint density at radius 3 is 2.60 bits per heavy atom. The second kappa shape index (κ2) is 7.57. The van der Waals surface area contributed by atoms with E-state index in [1.54, 1.807) is 0 Å². The Bertz CT molecular complexity index is 1180. The molecule has 0 spiro atoms. The van der Waals surface area contributed by atoms with Gasteiger partial charge in [0.1, 0.15) is 5.82 Å². The number of aliphatic hydroxyl groups is 2. The van der Waals surface area contributed by atoms with Crippen LogP contribution in [0.5, 0.6) is 0 Å². The van der Waals surface area contributed by atoms with Crippen molar-refractivity contribution in [3.8, 4) is 11.3 Å². The van der Waals surface area contributed by atoms with Crippen molar-refractivity contribution in [2.45, 2.75) is 69.2 Å². The summed E-state index contributed by atoms with van der Waals surface area (Å²) in [7, 11) is 0. The van der Waals surface area contributed by atoms with Crippen molar-refractivity contribution in [1.82, 2.24) is 19.7 Å². The van der Waals surface area contributed by atoms with Gasteiger partial charge in [0.05, 0.1) is 23.4 Å². The van der Waals surface area contributed by atoms with E-state index in [0.29, 0.717) is 56.0 Å². The maximum atomic E-state index is 13.0. The summed E-state index contributed by atoms with van der Waals surface area (Å²) in [5.74, 6) is 1.40. The van der Waals surface area contributed by atoms with Crippen LogP contribution in [0.1, 0.15) is 56.6 Å². The predicted octanol–water partition coefficient (Wildman–Crippen LogP) is 1.84. The van der Waals surface area contributed by atoms with Crippen molar-refractivity contribution in [3.05, 3.63) is 17.8 Å². The molecule has 186 valence electrons. The molecule has 4 aliphatic carbocycles. The molecular formula is C25H32N6O4. The Balaban J connectivity index is 1.23. The van der Waals surface area contributed by atoms with Gasteiger partial charge in [-0.05, 0) is 68.8 Å². The first-order chi connectivity index (χ1) is 16.9. The first-order valence-electron chi connectivity index (χ1n) is 12.9. The zero-order valence-electron chi connectivity index (χ0n) is 19.7. The molecule has 1 saturated heterocycles. The lowest BCUT2D eigenvalue weighted by molar-refractivity contribution is -0.148. The molecule has 0 aromatic carbocycles. The van der Waals surface area contributed by atoms with Crippen LogP contribution in [-0.4, -0.2) is 66.5 Å². The summed E-state index contributed by atoms with van der Waals surface area (Å²) in [5.41, 5.74) is 2.36. The van der Waals surface area contributed by atoms with E-state index < -0.39 is 23.5 Å². The number of amides is 2. The van der Waals surface area contributed by atoms with Crippen molar-refractivity contribution < 1.29 is 19.8 Å². The molecule has 2 amide bonds. The second-order valence-electron chi connectivity index (χ2n) is 11.4. The fourth-order valence-corrected chi connectivity index (χ4v) is 7.86. The number of piperidine rings is 1. The van der Waals surface area contributed by atoms with E-state index in [-0.39, 0.29) is 6.04 Å². The van der Waals surface area contributed by atoms with E-state index in [1.807, 2.05) is 12.3 Å². The van der Waals surface area contributed by atoms with Gasteiger partial charge in [-0.3, -0.25) is 14.3 Å². The molecule has 3 unspecified atom stereocenters. The molecule has 4 saturated carbocycles. The zero-order valence-corrected chi connectivity index (χ0v) is 19.7. The third-order valence-electron chi connectivity index (χ3n) is 9.10. The van der Waals surface area contributed by atoms with Crippen LogP contribution in [-0.2, 0) is 16.1 Å². The highest BCUT2D eigenvalue weighted by molar-refractivity contribution is 6.39. The quantitative estimate of drug-likeness (QED) is 0.416. The number of likely N-dealkylation sites (tertiary alicyclic amines) is 1. The lowest BCUT2D eigenvalue weighted by Gasteiger charge is -2.58. The van der Waals surface area contributed by atoms with Crippen molar-refractivity contribution in [2.24, 2.45) is 17.8 Å². The Hall–Kier alpha value is -2.85. The summed E-state index contributed by atoms with van der Waals surface area (Å²) in [5, 5.41) is 32.0. The largest absolute Gasteiger partial charge is 0.393 e. The van der Waals surface area contributed by atoms with Gasteiger partial charge in [-0.15, -0.1) is 0 Å². The predicted molar refractivity (Wildman–Crippen MR) is 127 cm³/mol. The molecule has 0 radical (unpaired) electrons. The standard InChI is InChI=1S/C25H32N6O4/c32-16-2-5-30(6-3-16)24(34)23(33)28-22-18-12-27-21-17(1-4-26-21)20(18)31(29-22)19-14-7-13-8-15(19)11-25(35,9-13)10-14/h1,4,13-16,19,26-27,32,35H,2-3,5-12H2,(H,28,29,33)/t13?,14-,15+,19?,25?. The molecule has 5 atom stereocenters. The van der Waals surface area contributed by atoms with Crippen LogP contribution in [0, 0.1) is 17.8 Å². The Labute approximate surface area is 203 Å². The van der Waals surface area contributed by atoms with Gasteiger partial charge in [0.15, 0.2) is 5.82 Å². The molecule has 4 heterocycles. The highest BCUT2D eigenvalue weighted by atomic mass is 16.3. The van der Waals surface area contributed by atoms with Gasteiger partial charge in [0.25, 0.3) is 0 Å². The van der Waals surface area contributed by atoms with Crippen LogP contribution in [0.2, 0.25) is 0 Å². The average Bonchev–Trinajstić information content (AvgIpc) is 3.42. The highest BCUT2D eigenvalue weighted by Gasteiger charge is 2.56. The number of fused-ring (bicyclic) bond motifs is 3. The van der Waals surface area contributed by atoms with Gasteiger partial charge >= 0.3 is 11.8 Å². The van der Waals surface area contributed by atoms with E-state index in [1.165, 1.54) is 4.90 Å². The number of carbonyl (C=O) groups is 2. The SMILES string of the molecule is O=C(Nc1nn(C2[C@@H]3CC4C[C@H]2CC(O)(C4)C3)c2c1CNc1[nH]ccc1-2)C(=O)N1CCC(O)CC1. The minimum Gasteiger partial charge on any atom is -0.393 e. The molecular weight excluding hydrogens is 448 g/mol. The maximum absolute atomic E-state index is 13.0. The summed E-state index contributed by atoms with van der Waals surface area (Å²) < 4.78 is 2.11. The van der Waals surface area contributed by atoms with Crippen molar-refractivity contribution in [2.75, 3.05) is 23.7 Å². The van der Waals surface area contributed by atoms with Gasteiger partial charge in [0.2, 0.25) is 0 Å². The highest BCUT2D eigenvalue weighted by Crippen LogP contribution is 2.60. The third kappa shape index (κ3) is 3.33. The van der Waals surface area contributed by atoms with Crippen molar-refractivity contribution >= 4 is 23.5 Å². The molecule has 5 fully saturated rings. The number of carbonyl (C=O) groups excluding carboxylic acids is 2. The van der Waals surface area contributed by atoms with Gasteiger partial charge in [0, 0.05) is 37.0 Å². The smallest absolute Gasteiger partial charge is 0.315 e. The molecule has 8 rings (SSSR count). The minimum atomic E-state index is -0.687. The number of rotatable bonds is 2. The first kappa shape index (κ1) is 21.4. The molecule has 10 nitrogen and oxygen atoms in total. The fraction of sp³-hybridized carbons (Fsp3) is 0.640. The fourth-order valence-electron chi connectivity index (χ4n) is 7.86. The van der Waals surface area contributed by atoms with Gasteiger partial charge < -0.3 is 30.7 Å². The van der Waals surface area contributed by atoms with Crippen LogP contribution >= 0.6 is 0 Å². The normalized spacial score (nSPS) is 33.3. The number of aromatic nitrogens is 3. The number of H-pyrrole nitrogens is 1. The molecule has 2 aromatic rings. The van der Waals surface area contributed by atoms with Gasteiger partial charge in [-0.2, -0.15) is 5.10 Å². The Morgan fingerprint density at radius 2 is 1.89 bits per heavy atom. The second-order valence-corrected chi connectivity index (χ2v) is 11.4. The monoisotopic (exact) mass is 480 g/mol. The number of aliphatic hydroxyl groups excluding tert-OH is 1. The van der Waals surface area contributed by atoms with Crippen LogP contribution < -0.4 is 10.6 Å². The summed E-state index contributed by atoms with van der Waals surface area (Å²) in [6, 6.07) is 2.20. The minimum absolute atomic E-state index is 0.173. The number of aromatic amines is 1. The first-order valence-corrected chi connectivity index (χ1v) is 12.9. The maximum Gasteiger partial charge on any atom is 0.315 e. The summed E-state index contributed by atoms with van der Waals surface area (Å²) in [6.07, 6.45) is 7.21. The van der Waals surface area contributed by atoms with Crippen LogP contribution in [0.4, 0.5) is 11.6 Å². The van der Waals surface area contributed by atoms with Crippen LogP contribution in [0.25, 0.3) is 11.3 Å². The van der Waals surface area contributed by atoms with Crippen molar-refractivity contribution in [3.63, 3.8) is 0 Å². The summed E-state index contributed by atoms with van der Waals surface area (Å²) in [6.45, 7) is 1.25. The van der Waals surface area contributed by atoms with Crippen LogP contribution in [0.15, 0.2) is 12.3 Å². The third-order valence-corrected chi connectivity index (χ3v) is 9.10. The summed E-state index contributed by atoms with van der Waals surface area (Å²) in [4.78, 5) is 30.6. The van der Waals surface area contributed by atoms with Crippen molar-refractivity contribution in [1.29, 1.82) is 0 Å². The van der Waals surface area contributed by atoms with E-state index in [0.717, 1.165) is 54.7 Å². The van der Waals surface area contributed by atoms with Gasteiger partial charge in [-0.25, -0.2) is 0 Å². The molecule has 10 heteroatoms. The number of nitrogens with zero attached hydrogens (tertiary/aromatic N) is 3. The lowest BCUT2D eigenvalue weighted by Crippen LogP contribution is -2.55. The lowest BCUT2D eigenvalue weighted by atomic mass is 9.52. The van der Waals surface area contributed by atoms with E-state index in [4.69, 9.17) is 5.10 Å². The number of anilines is 2. The number of hydrogen-bond donors (Lipinski definition) is 5. The average molecular weight is 481 g/mol. The number of nitrogens with one attached hydrogen (secondary N) is 3. The molecule has 5 N–H and O–H groups in total. The van der Waals surface area contributed by atoms with Gasteiger partial charge in [-0.1, -0.05) is 0 Å². The molecule has 2 aromatic heterocycles. The van der Waals surface area contributed by atoms with E-state index in [9.17, 15) is 19.8 Å². The van der Waals surface area contributed by atoms with Crippen LogP contribution in [0.3, 0.4) is 0 Å². The van der Waals surface area contributed by atoms with E-state index in [2.05, 4.69) is 20.3 Å². The molecule has 4 bridgehead atoms. The Morgan fingerprint density at radius 1 is 1.14 bits per heavy atom. The molecule has 6 aliphatic rings.